The molecule has 3 rings (SSSR count). The molecule has 1 N–H and O–H groups in total. The molecule has 1 heterocycles. The number of hydrogen-bond acceptors (Lipinski definition) is 4. The fraction of sp³-hybridized carbons (Fsp3) is 0.300. The molecule has 2 amide bonds. The van der Waals surface area contributed by atoms with Crippen molar-refractivity contribution in [3.63, 3.8) is 0 Å². The van der Waals surface area contributed by atoms with E-state index in [4.69, 9.17) is 4.74 Å². The van der Waals surface area contributed by atoms with Gasteiger partial charge < -0.3 is 19.9 Å². The van der Waals surface area contributed by atoms with E-state index >= 15 is 0 Å². The van der Waals surface area contributed by atoms with Crippen LogP contribution < -0.4 is 19.9 Å². The fourth-order valence-electron chi connectivity index (χ4n) is 2.98. The summed E-state index contributed by atoms with van der Waals surface area (Å²) in [4.78, 5) is 28.5. The first-order valence-corrected chi connectivity index (χ1v) is 8.50. The van der Waals surface area contributed by atoms with Gasteiger partial charge in [0.05, 0.1) is 13.0 Å². The van der Waals surface area contributed by atoms with Crippen molar-refractivity contribution in [2.45, 2.75) is 6.42 Å². The first kappa shape index (κ1) is 17.8. The highest BCUT2D eigenvalue weighted by atomic mass is 16.5. The molecule has 0 aromatic heterocycles. The minimum atomic E-state index is -0.363. The molecule has 1 aliphatic heterocycles. The summed E-state index contributed by atoms with van der Waals surface area (Å²) in [5, 5.41) is 2.87. The lowest BCUT2D eigenvalue weighted by Gasteiger charge is -2.19. The number of benzene rings is 2. The number of hydrogen-bond donors (Lipinski definition) is 1. The molecule has 0 saturated carbocycles. The molecule has 136 valence electrons. The quantitative estimate of drug-likeness (QED) is 0.898. The highest BCUT2D eigenvalue weighted by molar-refractivity contribution is 6.03. The smallest absolute Gasteiger partial charge is 0.229 e. The van der Waals surface area contributed by atoms with E-state index in [2.05, 4.69) is 5.32 Å². The maximum atomic E-state index is 12.5. The van der Waals surface area contributed by atoms with E-state index in [1.807, 2.05) is 43.3 Å². The van der Waals surface area contributed by atoms with Crippen LogP contribution >= 0.6 is 0 Å². The summed E-state index contributed by atoms with van der Waals surface area (Å²) in [6, 6.07) is 14.9. The van der Waals surface area contributed by atoms with Gasteiger partial charge in [0, 0.05) is 44.1 Å². The van der Waals surface area contributed by atoms with Crippen LogP contribution in [0, 0.1) is 5.92 Å². The molecule has 1 saturated heterocycles. The molecule has 0 radical (unpaired) electrons. The van der Waals surface area contributed by atoms with Gasteiger partial charge in [-0.2, -0.15) is 0 Å². The first-order chi connectivity index (χ1) is 12.5. The summed E-state index contributed by atoms with van der Waals surface area (Å²) in [6.07, 6.45) is 0.220. The molecule has 0 aliphatic carbocycles. The van der Waals surface area contributed by atoms with Crippen LogP contribution in [0.15, 0.2) is 48.5 Å². The second-order valence-electron chi connectivity index (χ2n) is 6.53. The average Bonchev–Trinajstić information content (AvgIpc) is 3.04. The van der Waals surface area contributed by atoms with E-state index in [0.717, 1.165) is 17.1 Å². The first-order valence-electron chi connectivity index (χ1n) is 8.50. The molecule has 26 heavy (non-hydrogen) atoms. The van der Waals surface area contributed by atoms with Gasteiger partial charge in [-0.25, -0.2) is 0 Å². The Hall–Kier alpha value is -3.02. The van der Waals surface area contributed by atoms with E-state index in [9.17, 15) is 9.59 Å². The molecule has 0 bridgehead atoms. The third-order valence-electron chi connectivity index (χ3n) is 4.53. The lowest BCUT2D eigenvalue weighted by Crippen LogP contribution is -2.28. The monoisotopic (exact) mass is 353 g/mol. The molecule has 2 aromatic rings. The van der Waals surface area contributed by atoms with Gasteiger partial charge >= 0.3 is 0 Å². The standard InChI is InChI=1S/C20H23N3O3/c1-22(2)16-6-8-17(9-7-16)23-13-14(12-19(23)24)20(25)21-15-4-10-18(26-3)11-5-15/h4-11,14H,12-13H2,1-3H3,(H,21,25). The minimum Gasteiger partial charge on any atom is -0.497 e. The molecule has 2 aromatic carbocycles. The molecule has 6 nitrogen and oxygen atoms in total. The zero-order chi connectivity index (χ0) is 18.7. The van der Waals surface area contributed by atoms with Crippen molar-refractivity contribution >= 4 is 28.9 Å². The van der Waals surface area contributed by atoms with Crippen molar-refractivity contribution in [2.75, 3.05) is 42.9 Å². The van der Waals surface area contributed by atoms with Gasteiger partial charge in [-0.05, 0) is 48.5 Å². The van der Waals surface area contributed by atoms with Crippen LogP contribution in [0.25, 0.3) is 0 Å². The second kappa shape index (κ2) is 7.47. The molecule has 1 aliphatic rings. The Morgan fingerprint density at radius 3 is 2.35 bits per heavy atom. The molecule has 1 atom stereocenters. The van der Waals surface area contributed by atoms with Crippen LogP contribution in [-0.4, -0.2) is 39.6 Å². The zero-order valence-electron chi connectivity index (χ0n) is 15.2. The fourth-order valence-corrected chi connectivity index (χ4v) is 2.98. The molecular formula is C20H23N3O3. The Bertz CT molecular complexity index is 785. The highest BCUT2D eigenvalue weighted by Gasteiger charge is 2.35. The van der Waals surface area contributed by atoms with Crippen LogP contribution in [0.1, 0.15) is 6.42 Å². The van der Waals surface area contributed by atoms with E-state index < -0.39 is 0 Å². The number of methoxy groups -OCH3 is 1. The normalized spacial score (nSPS) is 16.5. The van der Waals surface area contributed by atoms with Crippen LogP contribution in [0.3, 0.4) is 0 Å². The van der Waals surface area contributed by atoms with Gasteiger partial charge in [-0.1, -0.05) is 0 Å². The Labute approximate surface area is 153 Å². The molecule has 6 heteroatoms. The van der Waals surface area contributed by atoms with Crippen molar-refractivity contribution in [2.24, 2.45) is 5.92 Å². The molecule has 1 unspecified atom stereocenters. The number of carbonyl (C=O) groups excluding carboxylic acids is 2. The topological polar surface area (TPSA) is 61.9 Å². The van der Waals surface area contributed by atoms with Crippen LogP contribution in [-0.2, 0) is 9.59 Å². The summed E-state index contributed by atoms with van der Waals surface area (Å²) in [5.41, 5.74) is 2.58. The third kappa shape index (κ3) is 3.79. The summed E-state index contributed by atoms with van der Waals surface area (Å²) in [6.45, 7) is 0.391. The predicted molar refractivity (Wildman–Crippen MR) is 103 cm³/mol. The van der Waals surface area contributed by atoms with Crippen molar-refractivity contribution in [3.8, 4) is 5.75 Å². The number of rotatable bonds is 5. The van der Waals surface area contributed by atoms with E-state index in [-0.39, 0.29) is 24.2 Å². The Morgan fingerprint density at radius 2 is 1.77 bits per heavy atom. The molecule has 0 spiro atoms. The highest BCUT2D eigenvalue weighted by Crippen LogP contribution is 2.27. The maximum Gasteiger partial charge on any atom is 0.229 e. The summed E-state index contributed by atoms with van der Waals surface area (Å²) < 4.78 is 5.11. The lowest BCUT2D eigenvalue weighted by molar-refractivity contribution is -0.122. The van der Waals surface area contributed by atoms with Crippen molar-refractivity contribution < 1.29 is 14.3 Å². The van der Waals surface area contributed by atoms with Gasteiger partial charge in [0.2, 0.25) is 11.8 Å². The number of ether oxygens (including phenoxy) is 1. The zero-order valence-corrected chi connectivity index (χ0v) is 15.2. The van der Waals surface area contributed by atoms with Gasteiger partial charge in [-0.3, -0.25) is 9.59 Å². The Balaban J connectivity index is 1.65. The molecule has 1 fully saturated rings. The average molecular weight is 353 g/mol. The SMILES string of the molecule is COc1ccc(NC(=O)C2CC(=O)N(c3ccc(N(C)C)cc3)C2)cc1. The predicted octanol–water partition coefficient (Wildman–Crippen LogP) is 2.75. The number of nitrogens with one attached hydrogen (secondary N) is 1. The largest absolute Gasteiger partial charge is 0.497 e. The van der Waals surface area contributed by atoms with Gasteiger partial charge in [0.15, 0.2) is 0 Å². The Morgan fingerprint density at radius 1 is 1.12 bits per heavy atom. The van der Waals surface area contributed by atoms with Crippen LogP contribution in [0.4, 0.5) is 17.1 Å². The minimum absolute atomic E-state index is 0.0301. The van der Waals surface area contributed by atoms with E-state index in [0.29, 0.717) is 12.2 Å². The maximum absolute atomic E-state index is 12.5. The van der Waals surface area contributed by atoms with Crippen LogP contribution in [0.5, 0.6) is 5.75 Å². The summed E-state index contributed by atoms with van der Waals surface area (Å²) >= 11 is 0. The number of anilines is 3. The number of carbonyl (C=O) groups is 2. The second-order valence-corrected chi connectivity index (χ2v) is 6.53. The van der Waals surface area contributed by atoms with Gasteiger partial charge in [0.1, 0.15) is 5.75 Å². The van der Waals surface area contributed by atoms with Gasteiger partial charge in [0.25, 0.3) is 0 Å². The molecular weight excluding hydrogens is 330 g/mol. The number of nitrogens with zero attached hydrogens (tertiary/aromatic N) is 2. The van der Waals surface area contributed by atoms with Crippen LogP contribution in [0.2, 0.25) is 0 Å². The summed E-state index contributed by atoms with van der Waals surface area (Å²) in [5.74, 6) is 0.193. The third-order valence-corrected chi connectivity index (χ3v) is 4.53. The summed E-state index contributed by atoms with van der Waals surface area (Å²) in [7, 11) is 5.53. The lowest BCUT2D eigenvalue weighted by atomic mass is 10.1. The van der Waals surface area contributed by atoms with Crippen molar-refractivity contribution in [1.82, 2.24) is 0 Å². The van der Waals surface area contributed by atoms with E-state index in [1.54, 1.807) is 36.3 Å². The van der Waals surface area contributed by atoms with E-state index in [1.165, 1.54) is 0 Å². The number of amides is 2. The van der Waals surface area contributed by atoms with Crippen molar-refractivity contribution in [3.05, 3.63) is 48.5 Å². The van der Waals surface area contributed by atoms with Gasteiger partial charge in [-0.15, -0.1) is 0 Å². The Kier molecular flexibility index (Phi) is 5.11. The van der Waals surface area contributed by atoms with Crippen molar-refractivity contribution in [1.29, 1.82) is 0 Å².